The van der Waals surface area contributed by atoms with Crippen molar-refractivity contribution < 1.29 is 14.2 Å². The molecule has 1 aliphatic carbocycles. The molecule has 8 aromatic carbocycles. The summed E-state index contributed by atoms with van der Waals surface area (Å²) in [6, 6.07) is 50.0. The first kappa shape index (κ1) is 34.0. The molecule has 2 aliphatic rings. The number of Topliss-reactive ketones (excluding diaryl/α,β-unsaturated/α-hetero) is 2. The van der Waals surface area contributed by atoms with E-state index in [-0.39, 0.29) is 18.2 Å². The van der Waals surface area contributed by atoms with E-state index >= 15 is 9.59 Å². The number of hydrogen-bond donors (Lipinski definition) is 0. The first-order valence-electron chi connectivity index (χ1n) is 19.8. The molecule has 0 saturated carbocycles. The van der Waals surface area contributed by atoms with Crippen molar-refractivity contribution in [3.63, 3.8) is 0 Å². The number of aromatic nitrogens is 2. The molecule has 278 valence electrons. The molecule has 6 nitrogen and oxygen atoms in total. The Bertz CT molecular complexity index is 3100. The number of carbonyl (C=O) groups is 2. The van der Waals surface area contributed by atoms with Crippen molar-refractivity contribution in [3.8, 4) is 11.4 Å². The van der Waals surface area contributed by atoms with Crippen LogP contribution in [0.15, 0.2) is 163 Å². The topological polar surface area (TPSA) is 49.4 Å². The molecule has 0 N–H and O–H groups in total. The van der Waals surface area contributed by atoms with Crippen LogP contribution in [0.1, 0.15) is 43.2 Å². The zero-order valence-electron chi connectivity index (χ0n) is 32.7. The number of carbonyl (C=O) groups excluding carboxylic acids is 2. The van der Waals surface area contributed by atoms with Crippen LogP contribution in [0.2, 0.25) is 0 Å². The van der Waals surface area contributed by atoms with E-state index in [4.69, 9.17) is 0 Å². The Hall–Kier alpha value is -7.31. The molecule has 1 aliphatic heterocycles. The van der Waals surface area contributed by atoms with Gasteiger partial charge < -0.3 is 9.80 Å². The van der Waals surface area contributed by atoms with Crippen molar-refractivity contribution in [1.29, 1.82) is 0 Å². The number of nitrogens with zero attached hydrogens (tertiary/aromatic N) is 4. The zero-order valence-corrected chi connectivity index (χ0v) is 32.7. The van der Waals surface area contributed by atoms with E-state index in [1.54, 1.807) is 0 Å². The highest BCUT2D eigenvalue weighted by molar-refractivity contribution is 6.29. The van der Waals surface area contributed by atoms with Crippen molar-refractivity contribution in [1.82, 2.24) is 4.57 Å². The van der Waals surface area contributed by atoms with Gasteiger partial charge in [0.2, 0.25) is 11.4 Å². The van der Waals surface area contributed by atoms with Crippen LogP contribution in [0.3, 0.4) is 0 Å². The number of benzene rings is 8. The lowest BCUT2D eigenvalue weighted by atomic mass is 9.94. The lowest BCUT2D eigenvalue weighted by molar-refractivity contribution is -0.595. The number of imidazole rings is 1. The third-order valence-electron chi connectivity index (χ3n) is 12.3. The predicted octanol–water partition coefficient (Wildman–Crippen LogP) is 11.2. The van der Waals surface area contributed by atoms with Crippen LogP contribution in [0.4, 0.5) is 11.4 Å². The molecule has 9 aromatic rings. The summed E-state index contributed by atoms with van der Waals surface area (Å²) in [6.45, 7) is 8.63. The van der Waals surface area contributed by atoms with E-state index in [2.05, 4.69) is 135 Å². The summed E-state index contributed by atoms with van der Waals surface area (Å²) in [7, 11) is 0. The van der Waals surface area contributed by atoms with Gasteiger partial charge in [0.05, 0.1) is 11.4 Å². The molecule has 0 fully saturated rings. The van der Waals surface area contributed by atoms with Crippen LogP contribution in [-0.4, -0.2) is 22.8 Å². The standard InChI is InChI=1S/C52H39N4O2/c1-31-21-25-35-13-5-9-17-39(35)43(31)53-29-54(44-32(2)22-26-36-14-6-10-18-40(36)44)48-47(53)51(57)49-50(52(48)58)56(46-34(4)24-28-38-16-8-12-20-42(38)46)30-55(49)45-33(3)23-27-37-15-7-11-19-41(37)45/h5-29H,30H2,1-4H3/q+1. The Kier molecular flexibility index (Phi) is 7.38. The van der Waals surface area contributed by atoms with Crippen molar-refractivity contribution in [2.45, 2.75) is 27.7 Å². The fourth-order valence-electron chi connectivity index (χ4n) is 9.63. The van der Waals surface area contributed by atoms with Gasteiger partial charge in [-0.15, -0.1) is 0 Å². The Morgan fingerprint density at radius 3 is 1.34 bits per heavy atom. The smallest absolute Gasteiger partial charge is 0.256 e. The second kappa shape index (κ2) is 12.6. The maximum atomic E-state index is 16.1. The average Bonchev–Trinajstić information content (AvgIpc) is 3.83. The van der Waals surface area contributed by atoms with E-state index in [1.165, 1.54) is 0 Å². The lowest BCUT2D eigenvalue weighted by Crippen LogP contribution is -2.41. The third-order valence-corrected chi connectivity index (χ3v) is 12.3. The highest BCUT2D eigenvalue weighted by Crippen LogP contribution is 2.46. The summed E-state index contributed by atoms with van der Waals surface area (Å²) < 4.78 is 4.00. The fraction of sp³-hybridized carbons (Fsp3) is 0.0962. The highest BCUT2D eigenvalue weighted by atomic mass is 16.1. The Balaban J connectivity index is 1.27. The van der Waals surface area contributed by atoms with Gasteiger partial charge in [0.1, 0.15) is 29.4 Å². The van der Waals surface area contributed by atoms with E-state index in [0.717, 1.165) is 88.1 Å². The maximum Gasteiger partial charge on any atom is 0.256 e. The summed E-state index contributed by atoms with van der Waals surface area (Å²) in [6.07, 6.45) is 1.98. The highest BCUT2D eigenvalue weighted by Gasteiger charge is 2.52. The molecule has 0 radical (unpaired) electrons. The number of fused-ring (bicyclic) bond motifs is 5. The van der Waals surface area contributed by atoms with Crippen LogP contribution >= 0.6 is 0 Å². The van der Waals surface area contributed by atoms with Crippen LogP contribution in [0, 0.1) is 27.7 Å². The number of aryl methyl sites for hydroxylation is 4. The first-order chi connectivity index (χ1) is 28.3. The average molecular weight is 752 g/mol. The molecule has 2 heterocycles. The number of allylic oxidation sites excluding steroid dienone is 2. The van der Waals surface area contributed by atoms with E-state index in [9.17, 15) is 0 Å². The number of rotatable bonds is 4. The summed E-state index contributed by atoms with van der Waals surface area (Å²) in [5, 5.41) is 8.31. The van der Waals surface area contributed by atoms with Crippen LogP contribution < -0.4 is 14.4 Å². The molecule has 1 aromatic heterocycles. The molecule has 0 amide bonds. The zero-order chi connectivity index (χ0) is 39.4. The van der Waals surface area contributed by atoms with Gasteiger partial charge in [0.25, 0.3) is 17.9 Å². The maximum absolute atomic E-state index is 16.1. The molecule has 0 atom stereocenters. The van der Waals surface area contributed by atoms with Gasteiger partial charge in [0, 0.05) is 21.5 Å². The summed E-state index contributed by atoms with van der Waals surface area (Å²) in [4.78, 5) is 36.5. The van der Waals surface area contributed by atoms with Crippen LogP contribution in [-0.2, 0) is 0 Å². The number of ketones is 2. The van der Waals surface area contributed by atoms with E-state index in [0.29, 0.717) is 22.8 Å². The van der Waals surface area contributed by atoms with Gasteiger partial charge in [-0.05, 0) is 71.5 Å². The first-order valence-corrected chi connectivity index (χ1v) is 19.8. The summed E-state index contributed by atoms with van der Waals surface area (Å²) >= 11 is 0. The van der Waals surface area contributed by atoms with Crippen LogP contribution in [0.25, 0.3) is 54.5 Å². The molecule has 0 bridgehead atoms. The molecular weight excluding hydrogens is 713 g/mol. The Labute approximate surface area is 336 Å². The quantitative estimate of drug-likeness (QED) is 0.168. The fourth-order valence-corrected chi connectivity index (χ4v) is 9.63. The largest absolute Gasteiger partial charge is 0.317 e. The third kappa shape index (κ3) is 4.75. The molecule has 0 unspecified atom stereocenters. The second-order valence-corrected chi connectivity index (χ2v) is 15.7. The summed E-state index contributed by atoms with van der Waals surface area (Å²) in [5.41, 5.74) is 9.15. The second-order valence-electron chi connectivity index (χ2n) is 15.7. The van der Waals surface area contributed by atoms with Crippen molar-refractivity contribution >= 4 is 66.0 Å². The molecule has 0 saturated heterocycles. The van der Waals surface area contributed by atoms with Crippen molar-refractivity contribution in [2.24, 2.45) is 0 Å². The van der Waals surface area contributed by atoms with Gasteiger partial charge >= 0.3 is 0 Å². The molecule has 11 rings (SSSR count). The van der Waals surface area contributed by atoms with Gasteiger partial charge in [-0.3, -0.25) is 9.59 Å². The molecule has 6 heteroatoms. The van der Waals surface area contributed by atoms with Crippen molar-refractivity contribution in [2.75, 3.05) is 16.5 Å². The van der Waals surface area contributed by atoms with Gasteiger partial charge in [-0.25, -0.2) is 0 Å². The minimum Gasteiger partial charge on any atom is -0.317 e. The minimum absolute atomic E-state index is 0.193. The van der Waals surface area contributed by atoms with Crippen molar-refractivity contribution in [3.05, 3.63) is 197 Å². The normalized spacial score (nSPS) is 14.1. The van der Waals surface area contributed by atoms with E-state index < -0.39 is 0 Å². The SMILES string of the molecule is Cc1ccc2ccccc2c1N1CN(c2c(C)ccc3ccccc23)C2=C1C(=O)c1c([n+](-c3c(C)ccc4ccccc34)cn1-c1c(C)ccc3ccccc13)C2=O. The van der Waals surface area contributed by atoms with Crippen LogP contribution in [0.5, 0.6) is 0 Å². The Morgan fingerprint density at radius 1 is 0.431 bits per heavy atom. The predicted molar refractivity (Wildman–Crippen MR) is 235 cm³/mol. The summed E-state index contributed by atoms with van der Waals surface area (Å²) in [5.74, 6) is -0.386. The monoisotopic (exact) mass is 751 g/mol. The van der Waals surface area contributed by atoms with Gasteiger partial charge in [-0.1, -0.05) is 146 Å². The Morgan fingerprint density at radius 2 is 0.828 bits per heavy atom. The number of hydrogen-bond acceptors (Lipinski definition) is 4. The van der Waals surface area contributed by atoms with Gasteiger partial charge in [0.15, 0.2) is 0 Å². The van der Waals surface area contributed by atoms with Gasteiger partial charge in [-0.2, -0.15) is 9.13 Å². The van der Waals surface area contributed by atoms with E-state index in [1.807, 2.05) is 64.0 Å². The number of anilines is 2. The minimum atomic E-state index is -0.193. The molecule has 0 spiro atoms. The lowest BCUT2D eigenvalue weighted by Gasteiger charge is -2.27. The molecular formula is C52H39N4O2+. The molecule has 58 heavy (non-hydrogen) atoms.